The zero-order chi connectivity index (χ0) is 24.3. The van der Waals surface area contributed by atoms with Crippen molar-refractivity contribution in [3.8, 4) is 5.69 Å². The molecule has 33 heavy (non-hydrogen) atoms. The first kappa shape index (κ1) is 26.3. The van der Waals surface area contributed by atoms with E-state index in [2.05, 4.69) is 69.9 Å². The van der Waals surface area contributed by atoms with Gasteiger partial charge in [0.1, 0.15) is 6.61 Å². The average molecular weight is 521 g/mol. The lowest BCUT2D eigenvalue weighted by molar-refractivity contribution is 0.173. The fourth-order valence-corrected chi connectivity index (χ4v) is 5.76. The molecule has 6 nitrogen and oxygen atoms in total. The van der Waals surface area contributed by atoms with Gasteiger partial charge < -0.3 is 4.74 Å². The molecule has 3 aromatic rings. The largest absolute Gasteiger partial charge is 0.377 e. The normalized spacial score (nSPS) is 12.1. The maximum Gasteiger partial charge on any atom is 0.350 e. The van der Waals surface area contributed by atoms with E-state index in [0.29, 0.717) is 17.6 Å². The van der Waals surface area contributed by atoms with Crippen molar-refractivity contribution in [3.63, 3.8) is 0 Å². The van der Waals surface area contributed by atoms with E-state index in [1.54, 1.807) is 23.4 Å². The fourth-order valence-electron chi connectivity index (χ4n) is 3.51. The van der Waals surface area contributed by atoms with Crippen molar-refractivity contribution in [3.05, 3.63) is 57.5 Å². The number of methoxy groups -OCH3 is 1. The highest BCUT2D eigenvalue weighted by atomic mass is 32.2. The second-order valence-electron chi connectivity index (χ2n) is 7.86. The topological polar surface area (TPSA) is 61.9 Å². The Morgan fingerprint density at radius 3 is 2.61 bits per heavy atom. The zero-order valence-electron chi connectivity index (χ0n) is 19.6. The Balaban J connectivity index is 2.19. The number of pyridine rings is 1. The van der Waals surface area contributed by atoms with Crippen molar-refractivity contribution in [1.82, 2.24) is 19.3 Å². The summed E-state index contributed by atoms with van der Waals surface area (Å²) in [5.41, 5.74) is 3.75. The number of benzene rings is 1. The van der Waals surface area contributed by atoms with Crippen LogP contribution in [0.5, 0.6) is 0 Å². The van der Waals surface area contributed by atoms with Gasteiger partial charge in [0.15, 0.2) is 5.82 Å². The highest BCUT2D eigenvalue weighted by Crippen LogP contribution is 2.36. The molecule has 0 spiro atoms. The molecule has 0 saturated carbocycles. The number of rotatable bonds is 8. The maximum atomic E-state index is 13.1. The van der Waals surface area contributed by atoms with Gasteiger partial charge in [-0.25, -0.2) is 4.79 Å². The van der Waals surface area contributed by atoms with Crippen LogP contribution in [0.4, 0.5) is 0 Å². The predicted molar refractivity (Wildman–Crippen MR) is 150 cm³/mol. The van der Waals surface area contributed by atoms with E-state index in [4.69, 9.17) is 4.74 Å². The quantitative estimate of drug-likeness (QED) is 0.334. The van der Waals surface area contributed by atoms with E-state index >= 15 is 0 Å². The first-order chi connectivity index (χ1) is 15.7. The molecule has 1 aromatic carbocycles. The summed E-state index contributed by atoms with van der Waals surface area (Å²) in [4.78, 5) is 18.6. The molecule has 0 aliphatic carbocycles. The molecule has 3 unspecified atom stereocenters. The molecule has 2 heterocycles. The van der Waals surface area contributed by atoms with Crippen LogP contribution in [0.3, 0.4) is 0 Å². The number of nitrogens with zero attached hydrogens (tertiary/aromatic N) is 4. The number of hydrogen-bond acceptors (Lipinski definition) is 5. The van der Waals surface area contributed by atoms with E-state index in [9.17, 15) is 4.79 Å². The van der Waals surface area contributed by atoms with Crippen molar-refractivity contribution in [1.29, 1.82) is 0 Å². The Hall–Kier alpha value is -1.35. The number of hydrogen-bond donors (Lipinski definition) is 0. The Morgan fingerprint density at radius 2 is 2.00 bits per heavy atom. The summed E-state index contributed by atoms with van der Waals surface area (Å²) in [5, 5.41) is 8.00. The minimum atomic E-state index is -0.165. The Kier molecular flexibility index (Phi) is 9.06. The van der Waals surface area contributed by atoms with Crippen LogP contribution in [0.1, 0.15) is 43.4 Å². The maximum absolute atomic E-state index is 13.1. The molecule has 3 rings (SSSR count). The van der Waals surface area contributed by atoms with Gasteiger partial charge in [0, 0.05) is 41.3 Å². The Labute approximate surface area is 206 Å². The minimum Gasteiger partial charge on any atom is -0.377 e. The Morgan fingerprint density at radius 1 is 1.27 bits per heavy atom. The first-order valence-corrected chi connectivity index (χ1v) is 13.3. The van der Waals surface area contributed by atoms with Gasteiger partial charge in [-0.15, -0.1) is 44.6 Å². The van der Waals surface area contributed by atoms with Gasteiger partial charge in [0.2, 0.25) is 0 Å². The lowest BCUT2D eigenvalue weighted by Crippen LogP contribution is -2.26. The number of ether oxygens (including phenoxy) is 1. The van der Waals surface area contributed by atoms with Crippen molar-refractivity contribution in [2.24, 2.45) is 0 Å². The molecule has 176 valence electrons. The number of aromatic nitrogens is 4. The molecule has 0 aliphatic rings. The van der Waals surface area contributed by atoms with Crippen LogP contribution < -0.4 is 16.3 Å². The van der Waals surface area contributed by atoms with Crippen LogP contribution >= 0.6 is 39.5 Å². The second-order valence-corrected chi connectivity index (χ2v) is 11.3. The van der Waals surface area contributed by atoms with Crippen molar-refractivity contribution >= 4 is 61.5 Å². The van der Waals surface area contributed by atoms with E-state index < -0.39 is 0 Å². The van der Waals surface area contributed by atoms with Gasteiger partial charge in [-0.2, -0.15) is 4.68 Å². The lowest BCUT2D eigenvalue weighted by atomic mass is 10.1. The van der Waals surface area contributed by atoms with Crippen LogP contribution in [0, 0.1) is 6.92 Å². The molecule has 0 amide bonds. The van der Waals surface area contributed by atoms with Gasteiger partial charge in [0.05, 0.1) is 5.69 Å². The van der Waals surface area contributed by atoms with Gasteiger partial charge in [-0.05, 0) is 59.6 Å². The van der Waals surface area contributed by atoms with E-state index in [-0.39, 0.29) is 12.3 Å². The molecule has 0 bridgehead atoms. The molecule has 10 heteroatoms. The van der Waals surface area contributed by atoms with Crippen molar-refractivity contribution in [2.75, 3.05) is 7.11 Å². The van der Waals surface area contributed by atoms with E-state index in [1.807, 2.05) is 26.1 Å². The van der Waals surface area contributed by atoms with Gasteiger partial charge >= 0.3 is 5.69 Å². The average Bonchev–Trinajstić information content (AvgIpc) is 3.06. The minimum absolute atomic E-state index is 0.165. The third-order valence-electron chi connectivity index (χ3n) is 5.08. The van der Waals surface area contributed by atoms with Crippen LogP contribution in [0.25, 0.3) is 17.1 Å². The summed E-state index contributed by atoms with van der Waals surface area (Å²) in [6.45, 7) is 9.10. The molecule has 0 radical (unpaired) electrons. The third kappa shape index (κ3) is 5.84. The molecule has 0 fully saturated rings. The van der Waals surface area contributed by atoms with Gasteiger partial charge in [0.25, 0.3) is 0 Å². The fraction of sp³-hybridized carbons (Fsp3) is 0.348. The molecule has 0 saturated heterocycles. The number of thioether (sulfide) groups is 1. The van der Waals surface area contributed by atoms with Crippen molar-refractivity contribution < 1.29 is 4.74 Å². The van der Waals surface area contributed by atoms with Crippen LogP contribution in [-0.2, 0) is 17.9 Å². The van der Waals surface area contributed by atoms with Crippen LogP contribution in [-0.4, -0.2) is 31.7 Å². The van der Waals surface area contributed by atoms with Crippen molar-refractivity contribution in [2.45, 2.75) is 51.0 Å². The Bertz CT molecular complexity index is 1230. The van der Waals surface area contributed by atoms with Gasteiger partial charge in [-0.3, -0.25) is 9.55 Å². The second kappa shape index (κ2) is 11.4. The van der Waals surface area contributed by atoms with Gasteiger partial charge in [-0.1, -0.05) is 13.8 Å². The summed E-state index contributed by atoms with van der Waals surface area (Å²) in [6, 6.07) is 6.15. The number of aryl methyl sites for hydroxylation is 1. The first-order valence-electron chi connectivity index (χ1n) is 10.6. The predicted octanol–water partition coefficient (Wildman–Crippen LogP) is 3.78. The van der Waals surface area contributed by atoms with E-state index in [1.165, 1.54) is 4.68 Å². The van der Waals surface area contributed by atoms with Crippen LogP contribution in [0.15, 0.2) is 34.1 Å². The smallest absolute Gasteiger partial charge is 0.350 e. The summed E-state index contributed by atoms with van der Waals surface area (Å²) >= 11 is 1.76. The molecule has 3 atom stereocenters. The highest BCUT2D eigenvalue weighted by Gasteiger charge is 2.18. The zero-order valence-corrected chi connectivity index (χ0v) is 23.9. The third-order valence-corrected chi connectivity index (χ3v) is 7.59. The molecular weight excluding hydrogens is 489 g/mol. The SMILES string of the molecule is CCn1c(COC)nn(-c2cc(SC(C)C)c(/C(P)=C/c3c(P)ccnc3C)cc2P)c1=O. The summed E-state index contributed by atoms with van der Waals surface area (Å²) < 4.78 is 8.37. The molecular formula is C23H31N4O2P3S. The molecule has 0 N–H and O–H groups in total. The highest BCUT2D eigenvalue weighted by molar-refractivity contribution is 8.00. The van der Waals surface area contributed by atoms with E-state index in [0.717, 1.165) is 43.3 Å². The summed E-state index contributed by atoms with van der Waals surface area (Å²) in [7, 11) is 10.0. The molecule has 0 aliphatic heterocycles. The lowest BCUT2D eigenvalue weighted by Gasteiger charge is -2.16. The monoisotopic (exact) mass is 520 g/mol. The van der Waals surface area contributed by atoms with Crippen LogP contribution in [0.2, 0.25) is 0 Å². The summed E-state index contributed by atoms with van der Waals surface area (Å²) in [5.74, 6) is 0.614. The molecule has 2 aromatic heterocycles. The summed E-state index contributed by atoms with van der Waals surface area (Å²) in [6.07, 6.45) is 3.96. The standard InChI is InChI=1S/C23H31N4O2P3S/c1-6-26-22(12-29-5)25-27(23(26)28)17-11-21(33-13(2)3)16(10-20(17)32)19(31)9-15-14(4)24-8-7-18(15)30/h7-11,13H,6,12,30-32H2,1-5H3/b19-9-.